The predicted molar refractivity (Wildman–Crippen MR) is 82.8 cm³/mol. The van der Waals surface area contributed by atoms with Gasteiger partial charge >= 0.3 is 5.97 Å². The number of anilines is 1. The molecule has 1 N–H and O–H groups in total. The SMILES string of the molecule is COc1ccc(NC(=O)[C@@H]2[C@H]3C[C@H]4[C@H](OC(=O)[C@H]42)[C@@H]3Br)cc1. The fraction of sp³-hybridized carbons (Fsp3) is 0.500. The highest BCUT2D eigenvalue weighted by Crippen LogP contribution is 2.60. The molecule has 0 spiro atoms. The van der Waals surface area contributed by atoms with Gasteiger partial charge in [0.2, 0.25) is 5.91 Å². The molecular formula is C16H16BrNO4. The van der Waals surface area contributed by atoms with Gasteiger partial charge in [-0.1, -0.05) is 15.9 Å². The number of fused-ring (bicyclic) bond motifs is 1. The van der Waals surface area contributed by atoms with Crippen LogP contribution in [0.1, 0.15) is 6.42 Å². The smallest absolute Gasteiger partial charge is 0.310 e. The number of alkyl halides is 1. The minimum atomic E-state index is -0.303. The van der Waals surface area contributed by atoms with Gasteiger partial charge in [-0.2, -0.15) is 0 Å². The first-order valence-electron chi connectivity index (χ1n) is 7.39. The van der Waals surface area contributed by atoms with Crippen LogP contribution in [0.15, 0.2) is 24.3 Å². The molecule has 6 heteroatoms. The number of rotatable bonds is 3. The lowest BCUT2D eigenvalue weighted by molar-refractivity contribution is -0.145. The molecule has 116 valence electrons. The molecule has 3 aliphatic rings. The van der Waals surface area contributed by atoms with Gasteiger partial charge in [-0.15, -0.1) is 0 Å². The van der Waals surface area contributed by atoms with Crippen molar-refractivity contribution >= 4 is 33.5 Å². The van der Waals surface area contributed by atoms with Crippen LogP contribution >= 0.6 is 15.9 Å². The lowest BCUT2D eigenvalue weighted by Gasteiger charge is -2.27. The molecule has 2 bridgehead atoms. The van der Waals surface area contributed by atoms with Crippen molar-refractivity contribution in [3.05, 3.63) is 24.3 Å². The minimum absolute atomic E-state index is 0.0486. The Morgan fingerprint density at radius 1 is 1.32 bits per heavy atom. The zero-order chi connectivity index (χ0) is 15.4. The maximum absolute atomic E-state index is 12.7. The van der Waals surface area contributed by atoms with Crippen LogP contribution in [0.3, 0.4) is 0 Å². The van der Waals surface area contributed by atoms with E-state index < -0.39 is 0 Å². The Morgan fingerprint density at radius 3 is 2.73 bits per heavy atom. The molecule has 1 heterocycles. The molecule has 4 rings (SSSR count). The number of benzene rings is 1. The monoisotopic (exact) mass is 365 g/mol. The molecule has 0 unspecified atom stereocenters. The van der Waals surface area contributed by atoms with Crippen molar-refractivity contribution in [2.45, 2.75) is 17.4 Å². The Balaban J connectivity index is 1.54. The summed E-state index contributed by atoms with van der Waals surface area (Å²) in [5, 5.41) is 2.92. The number of esters is 1. The van der Waals surface area contributed by atoms with E-state index in [2.05, 4.69) is 21.2 Å². The zero-order valence-electron chi connectivity index (χ0n) is 12.0. The van der Waals surface area contributed by atoms with Gasteiger partial charge in [0.1, 0.15) is 11.9 Å². The number of halogens is 1. The van der Waals surface area contributed by atoms with Crippen LogP contribution in [-0.2, 0) is 14.3 Å². The molecule has 1 amide bonds. The van der Waals surface area contributed by atoms with Gasteiger partial charge in [-0.3, -0.25) is 9.59 Å². The van der Waals surface area contributed by atoms with E-state index in [0.717, 1.165) is 12.2 Å². The van der Waals surface area contributed by atoms with Gasteiger partial charge in [-0.05, 0) is 36.6 Å². The fourth-order valence-corrected chi connectivity index (χ4v) is 5.28. The topological polar surface area (TPSA) is 64.6 Å². The van der Waals surface area contributed by atoms with Crippen LogP contribution in [0.5, 0.6) is 5.75 Å². The third-order valence-electron chi connectivity index (χ3n) is 5.18. The summed E-state index contributed by atoms with van der Waals surface area (Å²) in [6.07, 6.45) is 0.838. The second-order valence-corrected chi connectivity index (χ2v) is 7.24. The van der Waals surface area contributed by atoms with Crippen molar-refractivity contribution in [3.8, 4) is 5.75 Å². The van der Waals surface area contributed by atoms with Crippen molar-refractivity contribution in [2.75, 3.05) is 12.4 Å². The Kier molecular flexibility index (Phi) is 3.18. The maximum Gasteiger partial charge on any atom is 0.310 e. The van der Waals surface area contributed by atoms with Crippen LogP contribution < -0.4 is 10.1 Å². The van der Waals surface area contributed by atoms with E-state index in [0.29, 0.717) is 5.69 Å². The number of hydrogen-bond donors (Lipinski definition) is 1. The van der Waals surface area contributed by atoms with Crippen LogP contribution in [-0.4, -0.2) is 29.9 Å². The van der Waals surface area contributed by atoms with Crippen LogP contribution in [0.2, 0.25) is 0 Å². The molecule has 1 aromatic rings. The van der Waals surface area contributed by atoms with Crippen molar-refractivity contribution in [3.63, 3.8) is 0 Å². The number of carbonyl (C=O) groups excluding carboxylic acids is 2. The number of methoxy groups -OCH3 is 1. The molecule has 3 fully saturated rings. The number of amides is 1. The molecule has 1 saturated heterocycles. The molecule has 22 heavy (non-hydrogen) atoms. The van der Waals surface area contributed by atoms with E-state index in [1.165, 1.54) is 0 Å². The second kappa shape index (κ2) is 4.98. The molecule has 6 atom stereocenters. The normalized spacial score (nSPS) is 38.0. The number of nitrogens with one attached hydrogen (secondary N) is 1. The summed E-state index contributed by atoms with van der Waals surface area (Å²) in [6.45, 7) is 0. The van der Waals surface area contributed by atoms with Gasteiger partial charge in [0.15, 0.2) is 0 Å². The van der Waals surface area contributed by atoms with Crippen molar-refractivity contribution in [1.29, 1.82) is 0 Å². The molecular weight excluding hydrogens is 350 g/mol. The molecule has 1 aliphatic heterocycles. The van der Waals surface area contributed by atoms with E-state index in [9.17, 15) is 9.59 Å². The maximum atomic E-state index is 12.7. The van der Waals surface area contributed by atoms with Gasteiger partial charge in [0, 0.05) is 11.6 Å². The summed E-state index contributed by atoms with van der Waals surface area (Å²) in [6, 6.07) is 7.18. The van der Waals surface area contributed by atoms with Gasteiger partial charge in [0.25, 0.3) is 0 Å². The van der Waals surface area contributed by atoms with Crippen molar-refractivity contribution in [1.82, 2.24) is 0 Å². The summed E-state index contributed by atoms with van der Waals surface area (Å²) < 4.78 is 10.5. The van der Waals surface area contributed by atoms with Crippen LogP contribution in [0.25, 0.3) is 0 Å². The Morgan fingerprint density at radius 2 is 2.05 bits per heavy atom. The highest BCUT2D eigenvalue weighted by atomic mass is 79.9. The lowest BCUT2D eigenvalue weighted by Crippen LogP contribution is -2.40. The van der Waals surface area contributed by atoms with E-state index in [4.69, 9.17) is 9.47 Å². The summed E-state index contributed by atoms with van der Waals surface area (Å²) in [7, 11) is 1.60. The summed E-state index contributed by atoms with van der Waals surface area (Å²) >= 11 is 3.62. The minimum Gasteiger partial charge on any atom is -0.497 e. The van der Waals surface area contributed by atoms with Gasteiger partial charge in [0.05, 0.1) is 23.8 Å². The molecule has 5 nitrogen and oxygen atoms in total. The predicted octanol–water partition coefficient (Wildman–Crippen LogP) is 2.20. The Labute approximate surface area is 136 Å². The molecule has 1 aromatic carbocycles. The molecule has 0 aromatic heterocycles. The standard InChI is InChI=1S/C16H16BrNO4/c1-21-8-4-2-7(3-5-8)18-15(19)11-9-6-10-12(11)16(20)22-14(10)13(9)17/h2-5,9-14H,6H2,1H3,(H,18,19)/t9-,10-,11-,12-,13-,14+/m1/s1. The zero-order valence-corrected chi connectivity index (χ0v) is 13.6. The summed E-state index contributed by atoms with van der Waals surface area (Å²) in [5.74, 6) is 0.211. The Bertz CT molecular complexity index is 632. The summed E-state index contributed by atoms with van der Waals surface area (Å²) in [5.41, 5.74) is 0.711. The van der Waals surface area contributed by atoms with Crippen LogP contribution in [0, 0.1) is 23.7 Å². The van der Waals surface area contributed by atoms with Crippen molar-refractivity contribution < 1.29 is 19.1 Å². The average molecular weight is 366 g/mol. The van der Waals surface area contributed by atoms with E-state index in [1.807, 2.05) is 0 Å². The van der Waals surface area contributed by atoms with Crippen LogP contribution in [0.4, 0.5) is 5.69 Å². The van der Waals surface area contributed by atoms with E-state index in [1.54, 1.807) is 31.4 Å². The molecule has 0 radical (unpaired) electrons. The Hall–Kier alpha value is -1.56. The fourth-order valence-electron chi connectivity index (χ4n) is 4.23. The van der Waals surface area contributed by atoms with Crippen molar-refractivity contribution in [2.24, 2.45) is 23.7 Å². The van der Waals surface area contributed by atoms with Gasteiger partial charge in [-0.25, -0.2) is 0 Å². The third kappa shape index (κ3) is 1.89. The average Bonchev–Trinajstić information content (AvgIpc) is 3.12. The second-order valence-electron chi connectivity index (χ2n) is 6.18. The van der Waals surface area contributed by atoms with Gasteiger partial charge < -0.3 is 14.8 Å². The van der Waals surface area contributed by atoms with E-state index >= 15 is 0 Å². The highest BCUT2D eigenvalue weighted by molar-refractivity contribution is 9.09. The molecule has 2 aliphatic carbocycles. The number of carbonyl (C=O) groups is 2. The molecule has 2 saturated carbocycles. The third-order valence-corrected chi connectivity index (χ3v) is 6.38. The number of ether oxygens (including phenoxy) is 2. The number of hydrogen-bond acceptors (Lipinski definition) is 4. The highest BCUT2D eigenvalue weighted by Gasteiger charge is 2.67. The first kappa shape index (κ1) is 14.1. The lowest BCUT2D eigenvalue weighted by atomic mass is 9.79. The first-order valence-corrected chi connectivity index (χ1v) is 8.31. The first-order chi connectivity index (χ1) is 10.6. The quantitative estimate of drug-likeness (QED) is 0.658. The van der Waals surface area contributed by atoms with E-state index in [-0.39, 0.29) is 46.5 Å². The largest absolute Gasteiger partial charge is 0.497 e. The summed E-state index contributed by atoms with van der Waals surface area (Å²) in [4.78, 5) is 24.8.